The quantitative estimate of drug-likeness (QED) is 0.160. The molecule has 78 heavy (non-hydrogen) atoms. The lowest BCUT2D eigenvalue weighted by molar-refractivity contribution is -0.137. The van der Waals surface area contributed by atoms with Crippen molar-refractivity contribution in [1.29, 1.82) is 10.5 Å². The summed E-state index contributed by atoms with van der Waals surface area (Å²) in [6.07, 6.45) is -4.85. The molecule has 2 heterocycles. The zero-order valence-corrected chi connectivity index (χ0v) is 44.7. The van der Waals surface area contributed by atoms with E-state index < -0.39 is 11.7 Å². The first-order valence-corrected chi connectivity index (χ1v) is 26.2. The maximum atomic E-state index is 15.6. The highest BCUT2D eigenvalue weighted by Crippen LogP contribution is 2.48. The van der Waals surface area contributed by atoms with Gasteiger partial charge in [-0.25, -0.2) is 0 Å². The smallest absolute Gasteiger partial charge is 0.308 e. The number of hydrogen-bond donors (Lipinski definition) is 0. The Hall–Kier alpha value is -9.43. The van der Waals surface area contributed by atoms with Gasteiger partial charge in [0.25, 0.3) is 0 Å². The number of hydrogen-bond acceptors (Lipinski definition) is 2. The Labute approximate surface area is 452 Å². The lowest BCUT2D eigenvalue weighted by atomic mass is 9.90. The van der Waals surface area contributed by atoms with E-state index in [1.807, 2.05) is 28.8 Å². The molecule has 0 aliphatic heterocycles. The van der Waals surface area contributed by atoms with Crippen LogP contribution >= 0.6 is 0 Å². The lowest BCUT2D eigenvalue weighted by Gasteiger charge is -2.22. The fraction of sp³-hybridized carbons (Fsp3) is 0.127. The number of aryl methyl sites for hydroxylation is 8. The summed E-state index contributed by atoms with van der Waals surface area (Å²) in [7, 11) is 0. The summed E-state index contributed by atoms with van der Waals surface area (Å²) in [6.45, 7) is 16.7. The predicted octanol–water partition coefficient (Wildman–Crippen LogP) is 19.4. The number of aromatic nitrogens is 2. The Morgan fingerprint density at radius 1 is 0.372 bits per heavy atom. The molecule has 12 rings (SSSR count). The molecule has 0 amide bonds. The average Bonchev–Trinajstić information content (AvgIpc) is 3.91. The topological polar surface area (TPSA) is 57.4 Å². The number of alkyl halides is 3. The normalized spacial score (nSPS) is 11.8. The van der Waals surface area contributed by atoms with E-state index in [4.69, 9.17) is 0 Å². The van der Waals surface area contributed by atoms with E-state index in [0.717, 1.165) is 117 Å². The van der Waals surface area contributed by atoms with Gasteiger partial charge in [0.2, 0.25) is 0 Å². The molecule has 10 aromatic carbocycles. The van der Waals surface area contributed by atoms with E-state index in [-0.39, 0.29) is 27.9 Å². The summed E-state index contributed by atoms with van der Waals surface area (Å²) in [5.41, 5.74) is 20.0. The molecule has 0 spiro atoms. The number of rotatable bonds is 7. The van der Waals surface area contributed by atoms with Crippen molar-refractivity contribution >= 4 is 43.6 Å². The second-order valence-electron chi connectivity index (χ2n) is 21.2. The standard InChI is InChI=1S/C71H53F3N4/c1-40-12-20-53(44(5)30-40)48-16-25-64-58(34-48)59-35-49(54-21-13-41(2)31-45(54)6)17-26-65(59)77(64)68-29-24-57(69-52(38-75)10-9-11-63(69)71(72,73)74)70(62(68)39-76)78-66-27-18-50(55-22-14-42(3)32-46(55)7)36-60(66)61-37-51(19-28-67(61)78)56-23-15-43(4)33-47(56)8/h9-37H,1-8H3. The van der Waals surface area contributed by atoms with Crippen molar-refractivity contribution in [3.05, 3.63) is 237 Å². The molecule has 4 nitrogen and oxygen atoms in total. The molecule has 7 heteroatoms. The third kappa shape index (κ3) is 8.14. The minimum atomic E-state index is -4.85. The maximum Gasteiger partial charge on any atom is 0.417 e. The molecule has 0 atom stereocenters. The molecule has 0 unspecified atom stereocenters. The lowest BCUT2D eigenvalue weighted by Crippen LogP contribution is -2.11. The summed E-state index contributed by atoms with van der Waals surface area (Å²) in [6, 6.07) is 62.8. The Balaban J connectivity index is 1.22. The van der Waals surface area contributed by atoms with Crippen LogP contribution in [0.15, 0.2) is 176 Å². The molecule has 2 aromatic heterocycles. The van der Waals surface area contributed by atoms with Crippen LogP contribution in [0.5, 0.6) is 0 Å². The van der Waals surface area contributed by atoms with Crippen LogP contribution in [0.4, 0.5) is 13.2 Å². The number of nitriles is 2. The minimum absolute atomic E-state index is 0.102. The molecule has 0 saturated heterocycles. The fourth-order valence-corrected chi connectivity index (χ4v) is 12.3. The van der Waals surface area contributed by atoms with Crippen molar-refractivity contribution in [1.82, 2.24) is 9.13 Å². The van der Waals surface area contributed by atoms with Gasteiger partial charge in [-0.2, -0.15) is 23.7 Å². The second-order valence-corrected chi connectivity index (χ2v) is 21.2. The van der Waals surface area contributed by atoms with Crippen LogP contribution in [0, 0.1) is 78.1 Å². The van der Waals surface area contributed by atoms with E-state index in [1.54, 1.807) is 12.1 Å². The number of benzene rings is 10. The highest BCUT2D eigenvalue weighted by Gasteiger charge is 2.37. The molecule has 378 valence electrons. The highest BCUT2D eigenvalue weighted by atomic mass is 19.4. The molecule has 0 radical (unpaired) electrons. The van der Waals surface area contributed by atoms with Gasteiger partial charge in [-0.05, 0) is 189 Å². The molecule has 12 aromatic rings. The Morgan fingerprint density at radius 3 is 1.06 bits per heavy atom. The summed E-state index contributed by atoms with van der Waals surface area (Å²) >= 11 is 0. The predicted molar refractivity (Wildman–Crippen MR) is 315 cm³/mol. The van der Waals surface area contributed by atoms with Crippen LogP contribution in [0.1, 0.15) is 61.2 Å². The minimum Gasteiger partial charge on any atom is -0.308 e. The zero-order chi connectivity index (χ0) is 54.5. The van der Waals surface area contributed by atoms with Crippen molar-refractivity contribution in [2.75, 3.05) is 0 Å². The molecule has 0 bridgehead atoms. The number of halogens is 3. The van der Waals surface area contributed by atoms with Gasteiger partial charge in [0.05, 0.1) is 50.6 Å². The molecule has 0 saturated carbocycles. The fourth-order valence-electron chi connectivity index (χ4n) is 12.3. The monoisotopic (exact) mass is 1020 g/mol. The summed E-state index contributed by atoms with van der Waals surface area (Å²) in [5.74, 6) is 0. The van der Waals surface area contributed by atoms with Crippen LogP contribution in [0.3, 0.4) is 0 Å². The summed E-state index contributed by atoms with van der Waals surface area (Å²) in [5, 5.41) is 26.4. The van der Waals surface area contributed by atoms with E-state index in [0.29, 0.717) is 16.7 Å². The summed E-state index contributed by atoms with van der Waals surface area (Å²) in [4.78, 5) is 0. The largest absolute Gasteiger partial charge is 0.417 e. The summed E-state index contributed by atoms with van der Waals surface area (Å²) < 4.78 is 50.9. The third-order valence-corrected chi connectivity index (χ3v) is 15.8. The van der Waals surface area contributed by atoms with Gasteiger partial charge in [0, 0.05) is 32.7 Å². The number of fused-ring (bicyclic) bond motifs is 6. The molecule has 0 aliphatic carbocycles. The molecule has 0 aliphatic rings. The second kappa shape index (κ2) is 18.7. The van der Waals surface area contributed by atoms with Crippen molar-refractivity contribution in [2.24, 2.45) is 0 Å². The van der Waals surface area contributed by atoms with Gasteiger partial charge in [-0.1, -0.05) is 131 Å². The Bertz CT molecular complexity index is 4390. The van der Waals surface area contributed by atoms with Crippen molar-refractivity contribution in [3.63, 3.8) is 0 Å². The molecule has 0 fully saturated rings. The van der Waals surface area contributed by atoms with Gasteiger partial charge in [0.1, 0.15) is 11.6 Å². The first-order valence-electron chi connectivity index (χ1n) is 26.2. The first-order chi connectivity index (χ1) is 37.5. The van der Waals surface area contributed by atoms with Crippen LogP contribution in [-0.4, -0.2) is 9.13 Å². The van der Waals surface area contributed by atoms with Gasteiger partial charge in [0.15, 0.2) is 0 Å². The Morgan fingerprint density at radius 2 is 0.731 bits per heavy atom. The maximum absolute atomic E-state index is 15.6. The average molecular weight is 1020 g/mol. The van der Waals surface area contributed by atoms with E-state index in [1.165, 1.54) is 23.3 Å². The Kier molecular flexibility index (Phi) is 11.8. The van der Waals surface area contributed by atoms with Crippen LogP contribution < -0.4 is 0 Å². The van der Waals surface area contributed by atoms with E-state index in [2.05, 4.69) is 193 Å². The van der Waals surface area contributed by atoms with Crippen LogP contribution in [0.2, 0.25) is 0 Å². The molecule has 0 N–H and O–H groups in total. The third-order valence-electron chi connectivity index (χ3n) is 15.8. The van der Waals surface area contributed by atoms with Crippen molar-refractivity contribution < 1.29 is 13.2 Å². The van der Waals surface area contributed by atoms with Crippen LogP contribution in [0.25, 0.3) is 111 Å². The van der Waals surface area contributed by atoms with Gasteiger partial charge in [-0.3, -0.25) is 0 Å². The van der Waals surface area contributed by atoms with Crippen molar-refractivity contribution in [2.45, 2.75) is 61.6 Å². The zero-order valence-electron chi connectivity index (χ0n) is 44.7. The van der Waals surface area contributed by atoms with E-state index >= 15 is 13.2 Å². The SMILES string of the molecule is Cc1ccc(-c2ccc3c(c2)c2cc(-c4ccc(C)cc4C)ccc2n3-c2ccc(-c3c(C#N)cccc3C(F)(F)F)c(-n3c4ccc(-c5ccc(C)cc5C)cc4c4cc(-c5ccc(C)cc5C)ccc43)c2C#N)c(C)c1. The number of nitrogens with zero attached hydrogens (tertiary/aromatic N) is 4. The van der Waals surface area contributed by atoms with Crippen LogP contribution in [-0.2, 0) is 6.18 Å². The van der Waals surface area contributed by atoms with E-state index in [9.17, 15) is 10.5 Å². The molecular formula is C71H53F3N4. The highest BCUT2D eigenvalue weighted by molar-refractivity contribution is 6.14. The van der Waals surface area contributed by atoms with Gasteiger partial charge < -0.3 is 9.13 Å². The first kappa shape index (κ1) is 49.4. The molecular weight excluding hydrogens is 966 g/mol. The van der Waals surface area contributed by atoms with Gasteiger partial charge in [-0.15, -0.1) is 0 Å². The van der Waals surface area contributed by atoms with Crippen molar-refractivity contribution in [3.8, 4) is 79.1 Å². The van der Waals surface area contributed by atoms with Gasteiger partial charge >= 0.3 is 6.18 Å².